The first kappa shape index (κ1) is 22.9. The summed E-state index contributed by atoms with van der Waals surface area (Å²) in [5.74, 6) is -0.0124. The minimum absolute atomic E-state index is 0.0124. The summed E-state index contributed by atoms with van der Waals surface area (Å²) in [6.07, 6.45) is 2.93. The zero-order valence-corrected chi connectivity index (χ0v) is 20.1. The maximum absolute atomic E-state index is 12.9. The number of amides is 1. The van der Waals surface area contributed by atoms with Crippen molar-refractivity contribution in [3.8, 4) is 11.3 Å². The molecule has 0 unspecified atom stereocenters. The molecule has 33 heavy (non-hydrogen) atoms. The number of benzene rings is 2. The molecule has 0 saturated heterocycles. The molecule has 0 aliphatic rings. The van der Waals surface area contributed by atoms with E-state index in [0.29, 0.717) is 17.9 Å². The molecule has 4 rings (SSSR count). The number of hydrogen-bond acceptors (Lipinski definition) is 3. The molecule has 1 N–H and O–H groups in total. The molecule has 2 aromatic carbocycles. The number of aryl methyl sites for hydroxylation is 2. The summed E-state index contributed by atoms with van der Waals surface area (Å²) in [5.41, 5.74) is 6.83. The smallest absolute Gasteiger partial charge is 0.224 e. The second-order valence-electron chi connectivity index (χ2n) is 8.06. The SMILES string of the molecule is CCN(CC)c1ccc(NC(=O)CCc2c(-c3ccc(Cl)cc3)nc3ccccn23)c(C)c1. The average Bonchev–Trinajstić information content (AvgIpc) is 3.19. The maximum atomic E-state index is 12.9. The fourth-order valence-corrected chi connectivity index (χ4v) is 4.27. The molecule has 6 heteroatoms. The highest BCUT2D eigenvalue weighted by Gasteiger charge is 2.16. The molecule has 0 atom stereocenters. The van der Waals surface area contributed by atoms with E-state index in [0.717, 1.165) is 46.9 Å². The molecule has 0 radical (unpaired) electrons. The summed E-state index contributed by atoms with van der Waals surface area (Å²) in [7, 11) is 0. The predicted molar refractivity (Wildman–Crippen MR) is 137 cm³/mol. The number of hydrogen-bond donors (Lipinski definition) is 1. The Kier molecular flexibility index (Phi) is 6.99. The molecule has 0 aliphatic carbocycles. The molecular weight excluding hydrogens is 432 g/mol. The van der Waals surface area contributed by atoms with Crippen LogP contribution in [0.1, 0.15) is 31.5 Å². The molecule has 2 aromatic heterocycles. The fourth-order valence-electron chi connectivity index (χ4n) is 4.14. The number of fused-ring (bicyclic) bond motifs is 1. The molecule has 5 nitrogen and oxygen atoms in total. The maximum Gasteiger partial charge on any atom is 0.224 e. The molecule has 170 valence electrons. The van der Waals surface area contributed by atoms with Crippen LogP contribution in [0.4, 0.5) is 11.4 Å². The molecule has 1 amide bonds. The van der Waals surface area contributed by atoms with Crippen LogP contribution in [0.25, 0.3) is 16.9 Å². The molecule has 0 aliphatic heterocycles. The number of rotatable bonds is 8. The van der Waals surface area contributed by atoms with Crippen molar-refractivity contribution in [2.75, 3.05) is 23.3 Å². The van der Waals surface area contributed by atoms with Crippen LogP contribution < -0.4 is 10.2 Å². The van der Waals surface area contributed by atoms with Crippen molar-refractivity contribution in [3.05, 3.63) is 83.1 Å². The third kappa shape index (κ3) is 5.04. The summed E-state index contributed by atoms with van der Waals surface area (Å²) in [6, 6.07) is 19.8. The Bertz CT molecular complexity index is 1260. The Morgan fingerprint density at radius 1 is 1.06 bits per heavy atom. The monoisotopic (exact) mass is 460 g/mol. The summed E-state index contributed by atoms with van der Waals surface area (Å²) in [6.45, 7) is 8.24. The highest BCUT2D eigenvalue weighted by Crippen LogP contribution is 2.27. The number of nitrogens with zero attached hydrogens (tertiary/aromatic N) is 3. The minimum atomic E-state index is -0.0124. The number of anilines is 2. The molecule has 0 saturated carbocycles. The quantitative estimate of drug-likeness (QED) is 0.332. The lowest BCUT2D eigenvalue weighted by atomic mass is 10.1. The lowest BCUT2D eigenvalue weighted by Gasteiger charge is -2.22. The second kappa shape index (κ2) is 10.1. The van der Waals surface area contributed by atoms with Gasteiger partial charge in [0.05, 0.1) is 11.4 Å². The number of carbonyl (C=O) groups is 1. The van der Waals surface area contributed by atoms with Gasteiger partial charge in [0.2, 0.25) is 5.91 Å². The van der Waals surface area contributed by atoms with Crippen molar-refractivity contribution in [2.24, 2.45) is 0 Å². The standard InChI is InChI=1S/C27H29ClN4O/c1-4-31(5-2)22-13-14-23(19(3)18-22)29-26(33)16-15-24-27(20-9-11-21(28)12-10-20)30-25-8-6-7-17-32(24)25/h6-14,17-18H,4-5,15-16H2,1-3H3,(H,29,33). The molecule has 2 heterocycles. The van der Waals surface area contributed by atoms with E-state index in [1.165, 1.54) is 5.69 Å². The van der Waals surface area contributed by atoms with Crippen molar-refractivity contribution in [1.82, 2.24) is 9.38 Å². The van der Waals surface area contributed by atoms with Gasteiger partial charge in [0.15, 0.2) is 0 Å². The van der Waals surface area contributed by atoms with Crippen LogP contribution in [0.2, 0.25) is 5.02 Å². The highest BCUT2D eigenvalue weighted by molar-refractivity contribution is 6.30. The van der Waals surface area contributed by atoms with Crippen LogP contribution in [0, 0.1) is 6.92 Å². The third-order valence-electron chi connectivity index (χ3n) is 5.95. The van der Waals surface area contributed by atoms with Crippen LogP contribution >= 0.6 is 11.6 Å². The zero-order chi connectivity index (χ0) is 23.4. The molecular formula is C27H29ClN4O. The zero-order valence-electron chi connectivity index (χ0n) is 19.3. The van der Waals surface area contributed by atoms with E-state index in [2.05, 4.69) is 40.6 Å². The first-order valence-electron chi connectivity index (χ1n) is 11.4. The lowest BCUT2D eigenvalue weighted by molar-refractivity contribution is -0.116. The van der Waals surface area contributed by atoms with Crippen LogP contribution in [-0.2, 0) is 11.2 Å². The Hall–Kier alpha value is -3.31. The van der Waals surface area contributed by atoms with E-state index in [9.17, 15) is 4.79 Å². The number of halogens is 1. The molecule has 0 bridgehead atoms. The summed E-state index contributed by atoms with van der Waals surface area (Å²) in [5, 5.41) is 3.77. The number of pyridine rings is 1. The van der Waals surface area contributed by atoms with Crippen LogP contribution in [0.15, 0.2) is 66.9 Å². The van der Waals surface area contributed by atoms with E-state index in [1.807, 2.05) is 61.7 Å². The first-order chi connectivity index (χ1) is 16.0. The van der Waals surface area contributed by atoms with Crippen LogP contribution in [-0.4, -0.2) is 28.4 Å². The van der Waals surface area contributed by atoms with E-state index in [1.54, 1.807) is 0 Å². The van der Waals surface area contributed by atoms with Gasteiger partial charge in [-0.2, -0.15) is 0 Å². The highest BCUT2D eigenvalue weighted by atomic mass is 35.5. The van der Waals surface area contributed by atoms with Crippen LogP contribution in [0.5, 0.6) is 0 Å². The predicted octanol–water partition coefficient (Wildman–Crippen LogP) is 6.38. The number of aromatic nitrogens is 2. The summed E-state index contributed by atoms with van der Waals surface area (Å²) < 4.78 is 2.06. The Morgan fingerprint density at radius 3 is 2.52 bits per heavy atom. The van der Waals surface area contributed by atoms with Crippen molar-refractivity contribution >= 4 is 34.5 Å². The third-order valence-corrected chi connectivity index (χ3v) is 6.20. The van der Waals surface area contributed by atoms with Gasteiger partial charge in [-0.05, 0) is 75.2 Å². The van der Waals surface area contributed by atoms with Crippen LogP contribution in [0.3, 0.4) is 0 Å². The first-order valence-corrected chi connectivity index (χ1v) is 11.7. The second-order valence-corrected chi connectivity index (χ2v) is 8.50. The van der Waals surface area contributed by atoms with E-state index in [4.69, 9.17) is 16.6 Å². The van der Waals surface area contributed by atoms with Gasteiger partial charge in [-0.25, -0.2) is 4.98 Å². The van der Waals surface area contributed by atoms with Gasteiger partial charge in [-0.15, -0.1) is 0 Å². The Balaban J connectivity index is 1.52. The Labute approximate surface area is 200 Å². The Morgan fingerprint density at radius 2 is 1.82 bits per heavy atom. The normalized spacial score (nSPS) is 11.0. The lowest BCUT2D eigenvalue weighted by Crippen LogP contribution is -2.22. The van der Waals surface area contributed by atoms with Gasteiger partial charge < -0.3 is 14.6 Å². The van der Waals surface area contributed by atoms with Crippen molar-refractivity contribution < 1.29 is 4.79 Å². The van der Waals surface area contributed by atoms with Crippen molar-refractivity contribution in [3.63, 3.8) is 0 Å². The van der Waals surface area contributed by atoms with Gasteiger partial charge in [0.1, 0.15) is 5.65 Å². The topological polar surface area (TPSA) is 49.6 Å². The number of imidazole rings is 1. The van der Waals surface area contributed by atoms with Gasteiger partial charge in [0, 0.05) is 47.7 Å². The molecule has 0 spiro atoms. The van der Waals surface area contributed by atoms with Crippen molar-refractivity contribution in [2.45, 2.75) is 33.6 Å². The van der Waals surface area contributed by atoms with E-state index in [-0.39, 0.29) is 5.91 Å². The number of carbonyl (C=O) groups excluding carboxylic acids is 1. The van der Waals surface area contributed by atoms with Gasteiger partial charge in [0.25, 0.3) is 0 Å². The number of nitrogens with one attached hydrogen (secondary N) is 1. The summed E-state index contributed by atoms with van der Waals surface area (Å²) >= 11 is 6.07. The minimum Gasteiger partial charge on any atom is -0.372 e. The summed E-state index contributed by atoms with van der Waals surface area (Å²) in [4.78, 5) is 20.0. The van der Waals surface area contributed by atoms with Crippen molar-refractivity contribution in [1.29, 1.82) is 0 Å². The van der Waals surface area contributed by atoms with Gasteiger partial charge in [-0.3, -0.25) is 4.79 Å². The van der Waals surface area contributed by atoms with Gasteiger partial charge >= 0.3 is 0 Å². The average molecular weight is 461 g/mol. The van der Waals surface area contributed by atoms with E-state index < -0.39 is 0 Å². The van der Waals surface area contributed by atoms with E-state index >= 15 is 0 Å². The van der Waals surface area contributed by atoms with Gasteiger partial charge in [-0.1, -0.05) is 29.8 Å². The largest absolute Gasteiger partial charge is 0.372 e. The molecule has 0 fully saturated rings. The fraction of sp³-hybridized carbons (Fsp3) is 0.259. The molecule has 4 aromatic rings.